The van der Waals surface area contributed by atoms with E-state index in [-0.39, 0.29) is 0 Å². The molecule has 0 aliphatic heterocycles. The molecule has 0 saturated heterocycles. The molecule has 0 aliphatic rings. The van der Waals surface area contributed by atoms with E-state index in [0.29, 0.717) is 0 Å². The summed E-state index contributed by atoms with van der Waals surface area (Å²) in [6.45, 7) is 4.19. The summed E-state index contributed by atoms with van der Waals surface area (Å²) in [6, 6.07) is 0. The van der Waals surface area contributed by atoms with Crippen LogP contribution >= 0.6 is 11.8 Å². The van der Waals surface area contributed by atoms with E-state index >= 15 is 0 Å². The van der Waals surface area contributed by atoms with Crippen LogP contribution in [0.5, 0.6) is 0 Å². The lowest BCUT2D eigenvalue weighted by molar-refractivity contribution is 0.716. The van der Waals surface area contributed by atoms with Crippen molar-refractivity contribution >= 4 is 11.8 Å². The highest BCUT2D eigenvalue weighted by Crippen LogP contribution is 2.19. The zero-order valence-corrected chi connectivity index (χ0v) is 7.62. The molecule has 10 heavy (non-hydrogen) atoms. The highest BCUT2D eigenvalue weighted by Gasteiger charge is 2.05. The zero-order chi connectivity index (χ0) is 7.72. The lowest BCUT2D eigenvalue weighted by atomic mass is 10.3. The predicted octanol–water partition coefficient (Wildman–Crippen LogP) is 1.76. The average molecular weight is 156 g/mol. The molecule has 0 bridgehead atoms. The molecule has 0 saturated carbocycles. The molecule has 1 rings (SSSR count). The number of aryl methyl sites for hydroxylation is 1. The molecule has 0 fully saturated rings. The number of nitrogens with zero attached hydrogens (tertiary/aromatic N) is 2. The summed E-state index contributed by atoms with van der Waals surface area (Å²) in [7, 11) is 1.97. The minimum Gasteiger partial charge on any atom is -0.272 e. The fourth-order valence-corrected chi connectivity index (χ4v) is 1.54. The second kappa shape index (κ2) is 2.66. The number of hydrogen-bond acceptors (Lipinski definition) is 2. The first kappa shape index (κ1) is 7.66. The second-order valence-electron chi connectivity index (χ2n) is 2.34. The van der Waals surface area contributed by atoms with Gasteiger partial charge in [0, 0.05) is 18.3 Å². The van der Waals surface area contributed by atoms with Crippen LogP contribution in [0.4, 0.5) is 0 Å². The van der Waals surface area contributed by atoms with Crippen LogP contribution in [0.3, 0.4) is 0 Å². The van der Waals surface area contributed by atoms with Gasteiger partial charge in [0.05, 0.1) is 0 Å². The Morgan fingerprint density at radius 3 is 2.20 bits per heavy atom. The molecule has 0 N–H and O–H groups in total. The van der Waals surface area contributed by atoms with Crippen molar-refractivity contribution in [2.24, 2.45) is 7.05 Å². The van der Waals surface area contributed by atoms with E-state index in [1.54, 1.807) is 11.8 Å². The Hall–Kier alpha value is -0.440. The molecule has 1 aromatic heterocycles. The van der Waals surface area contributed by atoms with Gasteiger partial charge in [-0.05, 0) is 20.1 Å². The van der Waals surface area contributed by atoms with Gasteiger partial charge >= 0.3 is 0 Å². The Morgan fingerprint density at radius 2 is 2.00 bits per heavy atom. The molecule has 0 spiro atoms. The van der Waals surface area contributed by atoms with Crippen LogP contribution < -0.4 is 0 Å². The van der Waals surface area contributed by atoms with Crippen molar-refractivity contribution in [3.05, 3.63) is 11.3 Å². The Balaban J connectivity index is 3.17. The van der Waals surface area contributed by atoms with E-state index in [4.69, 9.17) is 0 Å². The fourth-order valence-electron chi connectivity index (χ4n) is 0.878. The van der Waals surface area contributed by atoms with Gasteiger partial charge in [0.2, 0.25) is 0 Å². The van der Waals surface area contributed by atoms with Crippen molar-refractivity contribution in [2.45, 2.75) is 18.9 Å². The zero-order valence-electron chi connectivity index (χ0n) is 6.80. The fraction of sp³-hybridized carbons (Fsp3) is 0.571. The van der Waals surface area contributed by atoms with E-state index in [2.05, 4.69) is 25.2 Å². The van der Waals surface area contributed by atoms with Crippen molar-refractivity contribution in [2.75, 3.05) is 6.26 Å². The molecule has 0 aromatic carbocycles. The molecule has 1 aromatic rings. The highest BCUT2D eigenvalue weighted by atomic mass is 32.2. The van der Waals surface area contributed by atoms with Gasteiger partial charge in [0.25, 0.3) is 0 Å². The van der Waals surface area contributed by atoms with Gasteiger partial charge in [-0.25, -0.2) is 0 Å². The summed E-state index contributed by atoms with van der Waals surface area (Å²) in [5.74, 6) is 0. The third-order valence-electron chi connectivity index (χ3n) is 1.78. The van der Waals surface area contributed by atoms with Crippen molar-refractivity contribution in [1.82, 2.24) is 9.78 Å². The maximum absolute atomic E-state index is 4.31. The summed E-state index contributed by atoms with van der Waals surface area (Å²) < 4.78 is 1.92. The van der Waals surface area contributed by atoms with Crippen LogP contribution in [0.2, 0.25) is 0 Å². The van der Waals surface area contributed by atoms with Crippen molar-refractivity contribution in [3.63, 3.8) is 0 Å². The summed E-state index contributed by atoms with van der Waals surface area (Å²) in [5, 5.41) is 5.45. The van der Waals surface area contributed by atoms with Crippen LogP contribution in [0.25, 0.3) is 0 Å². The minimum absolute atomic E-state index is 1.14. The smallest absolute Gasteiger partial charge is 0.121 e. The first-order valence-corrected chi connectivity index (χ1v) is 4.43. The van der Waals surface area contributed by atoms with Gasteiger partial charge in [0.15, 0.2) is 0 Å². The van der Waals surface area contributed by atoms with Crippen LogP contribution in [0, 0.1) is 13.8 Å². The van der Waals surface area contributed by atoms with E-state index in [0.717, 1.165) is 5.03 Å². The number of rotatable bonds is 1. The van der Waals surface area contributed by atoms with E-state index in [1.165, 1.54) is 11.3 Å². The highest BCUT2D eigenvalue weighted by molar-refractivity contribution is 7.98. The second-order valence-corrected chi connectivity index (χ2v) is 3.14. The van der Waals surface area contributed by atoms with Gasteiger partial charge in [-0.3, -0.25) is 4.68 Å². The van der Waals surface area contributed by atoms with E-state index in [9.17, 15) is 0 Å². The Morgan fingerprint density at radius 1 is 1.40 bits per heavy atom. The van der Waals surface area contributed by atoms with Crippen LogP contribution in [-0.4, -0.2) is 16.0 Å². The lowest BCUT2D eigenvalue weighted by Gasteiger charge is -1.90. The molecule has 0 unspecified atom stereocenters. The summed E-state index contributed by atoms with van der Waals surface area (Å²) in [4.78, 5) is 0. The largest absolute Gasteiger partial charge is 0.272 e. The predicted molar refractivity (Wildman–Crippen MR) is 44.5 cm³/mol. The molecular weight excluding hydrogens is 144 g/mol. The summed E-state index contributed by atoms with van der Waals surface area (Å²) in [6.07, 6.45) is 2.05. The van der Waals surface area contributed by atoms with Gasteiger partial charge in [0.1, 0.15) is 5.03 Å². The molecule has 0 radical (unpaired) electrons. The maximum atomic E-state index is 4.31. The van der Waals surface area contributed by atoms with Crippen molar-refractivity contribution < 1.29 is 0 Å². The van der Waals surface area contributed by atoms with Gasteiger partial charge in [-0.1, -0.05) is 0 Å². The van der Waals surface area contributed by atoms with Crippen molar-refractivity contribution in [3.8, 4) is 0 Å². The van der Waals surface area contributed by atoms with E-state index < -0.39 is 0 Å². The standard InChI is InChI=1S/C7H12N2S/c1-5-6(2)9(3)8-7(5)10-4/h1-4H3. The van der Waals surface area contributed by atoms with Crippen molar-refractivity contribution in [1.29, 1.82) is 0 Å². The van der Waals surface area contributed by atoms with Gasteiger partial charge in [-0.2, -0.15) is 5.10 Å². The Kier molecular flexibility index (Phi) is 2.04. The molecule has 56 valence electrons. The SMILES string of the molecule is CSc1nn(C)c(C)c1C. The molecule has 2 nitrogen and oxygen atoms in total. The normalized spacial score (nSPS) is 10.4. The van der Waals surface area contributed by atoms with Gasteiger partial charge in [-0.15, -0.1) is 11.8 Å². The third-order valence-corrected chi connectivity index (χ3v) is 2.56. The Labute approximate surface area is 65.6 Å². The number of aromatic nitrogens is 2. The van der Waals surface area contributed by atoms with Crippen LogP contribution in [-0.2, 0) is 7.05 Å². The molecule has 1 heterocycles. The van der Waals surface area contributed by atoms with Crippen LogP contribution in [0.1, 0.15) is 11.3 Å². The van der Waals surface area contributed by atoms with Gasteiger partial charge < -0.3 is 0 Å². The molecule has 0 aliphatic carbocycles. The average Bonchev–Trinajstić information content (AvgIpc) is 2.17. The van der Waals surface area contributed by atoms with E-state index in [1.807, 2.05) is 11.7 Å². The number of thioether (sulfide) groups is 1. The topological polar surface area (TPSA) is 17.8 Å². The monoisotopic (exact) mass is 156 g/mol. The third kappa shape index (κ3) is 1.06. The number of hydrogen-bond donors (Lipinski definition) is 0. The first-order chi connectivity index (χ1) is 4.66. The molecule has 0 amide bonds. The lowest BCUT2D eigenvalue weighted by Crippen LogP contribution is -1.92. The maximum Gasteiger partial charge on any atom is 0.121 e. The molecular formula is C7H12N2S. The van der Waals surface area contributed by atoms with Crippen LogP contribution in [0.15, 0.2) is 5.03 Å². The summed E-state index contributed by atoms with van der Waals surface area (Å²) >= 11 is 1.70. The Bertz CT molecular complexity index is 240. The minimum atomic E-state index is 1.14. The summed E-state index contributed by atoms with van der Waals surface area (Å²) in [5.41, 5.74) is 2.55. The first-order valence-electron chi connectivity index (χ1n) is 3.21. The molecule has 0 atom stereocenters. The quantitative estimate of drug-likeness (QED) is 0.577. The molecule has 3 heteroatoms.